The fraction of sp³-hybridized carbons (Fsp3) is 0.208. The summed E-state index contributed by atoms with van der Waals surface area (Å²) in [4.78, 5) is 27.5. The number of rotatable bonds is 2. The number of carbonyl (C=O) groups is 2. The van der Waals surface area contributed by atoms with Gasteiger partial charge in [0.25, 0.3) is 0 Å². The summed E-state index contributed by atoms with van der Waals surface area (Å²) in [7, 11) is 0. The van der Waals surface area contributed by atoms with E-state index in [2.05, 4.69) is 10.7 Å². The highest BCUT2D eigenvalue weighted by Crippen LogP contribution is 2.33. The number of nitrogens with two attached hydrogens (primary N) is 1. The maximum absolute atomic E-state index is 13.7. The number of pyridine rings is 1. The minimum atomic E-state index is -4.47. The summed E-state index contributed by atoms with van der Waals surface area (Å²) in [6.07, 6.45) is -0.650. The summed E-state index contributed by atoms with van der Waals surface area (Å²) in [5.74, 6) is -0.433. The fourth-order valence-electron chi connectivity index (χ4n) is 3.04. The highest BCUT2D eigenvalue weighted by atomic mass is 19.4. The van der Waals surface area contributed by atoms with Crippen molar-refractivity contribution >= 4 is 23.8 Å². The van der Waals surface area contributed by atoms with E-state index in [1.54, 1.807) is 31.5 Å². The smallest absolute Gasteiger partial charge is 0.372 e. The second kappa shape index (κ2) is 11.8. The van der Waals surface area contributed by atoms with E-state index in [4.69, 9.17) is 4.79 Å². The molecule has 1 fully saturated rings. The van der Waals surface area contributed by atoms with Gasteiger partial charge in [-0.05, 0) is 67.4 Å². The number of aromatic nitrogens is 1. The van der Waals surface area contributed by atoms with Crippen molar-refractivity contribution in [2.45, 2.75) is 20.0 Å². The van der Waals surface area contributed by atoms with Crippen LogP contribution in [0.2, 0.25) is 0 Å². The van der Waals surface area contributed by atoms with E-state index in [1.165, 1.54) is 33.6 Å². The molecular formula is C24H24F4N4O2. The molecule has 1 aliphatic rings. The molecule has 2 N–H and O–H groups in total. The average Bonchev–Trinajstić information content (AvgIpc) is 3.18. The number of halogens is 4. The van der Waals surface area contributed by atoms with Gasteiger partial charge in [-0.15, -0.1) is 0 Å². The number of alkyl halides is 3. The molecule has 2 heterocycles. The molecular weight excluding hydrogens is 452 g/mol. The van der Waals surface area contributed by atoms with Crippen LogP contribution < -0.4 is 15.5 Å². The Morgan fingerprint density at radius 3 is 1.97 bits per heavy atom. The van der Waals surface area contributed by atoms with Crippen molar-refractivity contribution in [2.24, 2.45) is 5.73 Å². The molecule has 1 aromatic heterocycles. The van der Waals surface area contributed by atoms with Crippen molar-refractivity contribution in [3.05, 3.63) is 89.5 Å². The number of amides is 3. The monoisotopic (exact) mass is 476 g/mol. The van der Waals surface area contributed by atoms with Gasteiger partial charge in [-0.3, -0.25) is 19.6 Å². The van der Waals surface area contributed by atoms with Crippen LogP contribution in [0, 0.1) is 19.7 Å². The molecule has 0 bridgehead atoms. The minimum absolute atomic E-state index is 0.171. The Morgan fingerprint density at radius 1 is 0.941 bits per heavy atom. The van der Waals surface area contributed by atoms with Gasteiger partial charge in [-0.2, -0.15) is 13.2 Å². The topological polar surface area (TPSA) is 79.5 Å². The van der Waals surface area contributed by atoms with E-state index in [-0.39, 0.29) is 25.2 Å². The van der Waals surface area contributed by atoms with Gasteiger partial charge in [0.05, 0.1) is 5.56 Å². The Kier molecular flexibility index (Phi) is 9.11. The quantitative estimate of drug-likeness (QED) is 0.413. The van der Waals surface area contributed by atoms with Gasteiger partial charge in [0.1, 0.15) is 5.82 Å². The SMILES string of the molecule is Cc1ccc(N2CCN(c3cccc(C(F)(F)F)c3)C2=O)cc1F.Cc1ccncc1.NC=O. The maximum Gasteiger partial charge on any atom is 0.416 e. The number of hydrogen-bond acceptors (Lipinski definition) is 3. The molecule has 1 aliphatic heterocycles. The second-order valence-electron chi connectivity index (χ2n) is 7.23. The van der Waals surface area contributed by atoms with E-state index in [0.29, 0.717) is 11.3 Å². The van der Waals surface area contributed by atoms with Crippen molar-refractivity contribution < 1.29 is 27.2 Å². The highest BCUT2D eigenvalue weighted by Gasteiger charge is 2.34. The van der Waals surface area contributed by atoms with Crippen LogP contribution in [-0.4, -0.2) is 30.5 Å². The van der Waals surface area contributed by atoms with E-state index >= 15 is 0 Å². The van der Waals surface area contributed by atoms with Crippen LogP contribution in [-0.2, 0) is 11.0 Å². The molecule has 10 heteroatoms. The first-order valence-electron chi connectivity index (χ1n) is 10.1. The molecule has 0 spiro atoms. The van der Waals surface area contributed by atoms with Crippen LogP contribution >= 0.6 is 0 Å². The summed E-state index contributed by atoms with van der Waals surface area (Å²) < 4.78 is 52.1. The van der Waals surface area contributed by atoms with E-state index in [1.807, 2.05) is 19.1 Å². The maximum atomic E-state index is 13.7. The Balaban J connectivity index is 0.000000341. The molecule has 0 radical (unpaired) electrons. The van der Waals surface area contributed by atoms with Crippen molar-refractivity contribution in [1.29, 1.82) is 0 Å². The first-order chi connectivity index (χ1) is 16.1. The van der Waals surface area contributed by atoms with Gasteiger partial charge in [0, 0.05) is 36.9 Å². The lowest BCUT2D eigenvalue weighted by Crippen LogP contribution is -2.31. The second-order valence-corrected chi connectivity index (χ2v) is 7.23. The zero-order valence-electron chi connectivity index (χ0n) is 18.6. The van der Waals surface area contributed by atoms with Gasteiger partial charge in [0.15, 0.2) is 0 Å². The fourth-order valence-corrected chi connectivity index (χ4v) is 3.04. The van der Waals surface area contributed by atoms with E-state index < -0.39 is 23.6 Å². The molecule has 180 valence electrons. The third-order valence-electron chi connectivity index (χ3n) is 4.81. The average molecular weight is 476 g/mol. The third-order valence-corrected chi connectivity index (χ3v) is 4.81. The summed E-state index contributed by atoms with van der Waals surface area (Å²) in [5.41, 5.74) is 5.63. The van der Waals surface area contributed by atoms with Crippen LogP contribution in [0.3, 0.4) is 0 Å². The highest BCUT2D eigenvalue weighted by molar-refractivity contribution is 6.06. The first-order valence-corrected chi connectivity index (χ1v) is 10.1. The summed E-state index contributed by atoms with van der Waals surface area (Å²) in [5, 5.41) is 0. The lowest BCUT2D eigenvalue weighted by molar-refractivity contribution is -0.137. The number of benzene rings is 2. The summed E-state index contributed by atoms with van der Waals surface area (Å²) in [6, 6.07) is 12.5. The predicted molar refractivity (Wildman–Crippen MR) is 122 cm³/mol. The molecule has 0 aliphatic carbocycles. The van der Waals surface area contributed by atoms with Crippen LogP contribution in [0.1, 0.15) is 16.7 Å². The van der Waals surface area contributed by atoms with Crippen molar-refractivity contribution in [3.8, 4) is 0 Å². The Bertz CT molecular complexity index is 1110. The van der Waals surface area contributed by atoms with Crippen molar-refractivity contribution in [2.75, 3.05) is 22.9 Å². The normalized spacial score (nSPS) is 12.9. The van der Waals surface area contributed by atoms with Gasteiger partial charge in [0.2, 0.25) is 6.41 Å². The van der Waals surface area contributed by atoms with E-state index in [9.17, 15) is 22.4 Å². The van der Waals surface area contributed by atoms with Crippen LogP contribution in [0.4, 0.5) is 33.7 Å². The Morgan fingerprint density at radius 2 is 1.50 bits per heavy atom. The molecule has 4 rings (SSSR count). The van der Waals surface area contributed by atoms with Crippen molar-refractivity contribution in [1.82, 2.24) is 4.98 Å². The number of hydrogen-bond donors (Lipinski definition) is 1. The van der Waals surface area contributed by atoms with Crippen molar-refractivity contribution in [3.63, 3.8) is 0 Å². The predicted octanol–water partition coefficient (Wildman–Crippen LogP) is 5.09. The van der Waals surface area contributed by atoms with Gasteiger partial charge in [-0.25, -0.2) is 9.18 Å². The lowest BCUT2D eigenvalue weighted by atomic mass is 10.2. The Labute approximate surface area is 194 Å². The molecule has 3 amide bonds. The summed E-state index contributed by atoms with van der Waals surface area (Å²) >= 11 is 0. The van der Waals surface area contributed by atoms with Gasteiger partial charge >= 0.3 is 12.2 Å². The van der Waals surface area contributed by atoms with Crippen LogP contribution in [0.15, 0.2) is 67.0 Å². The molecule has 0 atom stereocenters. The van der Waals surface area contributed by atoms with Crippen LogP contribution in [0.5, 0.6) is 0 Å². The molecule has 6 nitrogen and oxygen atoms in total. The third kappa shape index (κ3) is 7.03. The molecule has 0 saturated carbocycles. The number of anilines is 2. The van der Waals surface area contributed by atoms with Crippen LogP contribution in [0.25, 0.3) is 0 Å². The largest absolute Gasteiger partial charge is 0.416 e. The van der Waals surface area contributed by atoms with Gasteiger partial charge < -0.3 is 5.73 Å². The molecule has 3 aromatic rings. The summed E-state index contributed by atoms with van der Waals surface area (Å²) in [6.45, 7) is 4.16. The van der Waals surface area contributed by atoms with Gasteiger partial charge in [-0.1, -0.05) is 12.1 Å². The zero-order chi connectivity index (χ0) is 25.3. The number of carbonyl (C=O) groups excluding carboxylic acids is 2. The van der Waals surface area contributed by atoms with E-state index in [0.717, 1.165) is 12.1 Å². The number of nitrogens with zero attached hydrogens (tertiary/aromatic N) is 3. The Hall–Kier alpha value is -3.95. The number of urea groups is 1. The first kappa shape index (κ1) is 26.3. The zero-order valence-corrected chi connectivity index (χ0v) is 18.6. The number of primary amides is 1. The molecule has 34 heavy (non-hydrogen) atoms. The number of aryl methyl sites for hydroxylation is 2. The lowest BCUT2D eigenvalue weighted by Gasteiger charge is -2.20. The minimum Gasteiger partial charge on any atom is -0.372 e. The molecule has 0 unspecified atom stereocenters. The molecule has 1 saturated heterocycles. The molecule has 2 aromatic carbocycles. The standard InChI is InChI=1S/C17H14F4N2O.C6H7N.CH3NO/c1-11-5-6-14(10-15(11)18)23-8-7-22(16(23)24)13-4-2-3-12(9-13)17(19,20)21;1-6-2-4-7-5-3-6;2-1-3/h2-6,9-10H,7-8H2,1H3;2-5H,1H3;1H,(H2,2,3).